The first-order chi connectivity index (χ1) is 18.3. The minimum absolute atomic E-state index is 0.0555. The molecule has 1 aromatic heterocycles. The van der Waals surface area contributed by atoms with Crippen LogP contribution in [0.2, 0.25) is 0 Å². The zero-order valence-electron chi connectivity index (χ0n) is 20.6. The van der Waals surface area contributed by atoms with E-state index in [-0.39, 0.29) is 22.9 Å². The predicted molar refractivity (Wildman–Crippen MR) is 149 cm³/mol. The van der Waals surface area contributed by atoms with Gasteiger partial charge in [-0.05, 0) is 48.9 Å². The number of anilines is 1. The maximum atomic E-state index is 13.3. The predicted octanol–water partition coefficient (Wildman–Crippen LogP) is 5.48. The van der Waals surface area contributed by atoms with Crippen molar-refractivity contribution in [1.29, 1.82) is 0 Å². The molecule has 0 aliphatic carbocycles. The van der Waals surface area contributed by atoms with Gasteiger partial charge in [-0.3, -0.25) is 19.7 Å². The number of benzene rings is 3. The number of nitro benzene ring substituents is 1. The van der Waals surface area contributed by atoms with Crippen LogP contribution >= 0.6 is 15.9 Å². The third-order valence-corrected chi connectivity index (χ3v) is 6.30. The van der Waals surface area contributed by atoms with Gasteiger partial charge in [0.1, 0.15) is 5.82 Å². The number of ether oxygens (including phenoxy) is 1. The van der Waals surface area contributed by atoms with Crippen LogP contribution in [0.3, 0.4) is 0 Å². The number of carbonyl (C=O) groups excluding carboxylic acids is 1. The topological polar surface area (TPSA) is 129 Å². The van der Waals surface area contributed by atoms with E-state index in [1.807, 2.05) is 26.0 Å². The third kappa shape index (κ3) is 6.12. The Labute approximate surface area is 226 Å². The molecular weight excluding hydrogens is 554 g/mol. The maximum Gasteiger partial charge on any atom is 0.311 e. The second-order valence-electron chi connectivity index (χ2n) is 8.49. The summed E-state index contributed by atoms with van der Waals surface area (Å²) in [6.07, 6.45) is 2.09. The zero-order chi connectivity index (χ0) is 27.2. The largest absolute Gasteiger partial charge is 0.477 e. The standard InChI is InChI=1S/C27H24BrN5O5/c1-3-17(2)26-31-22-11-10-19(28)14-21(22)27(35)32(26)29-15-18-9-12-24(23(13-18)33(36)37)38-16-25(34)30-20-7-5-4-6-8-20/h4-15,17H,3,16H2,1-2H3,(H,30,34)/t17-/m1/s1. The van der Waals surface area contributed by atoms with Crippen molar-refractivity contribution in [3.05, 3.63) is 103 Å². The molecule has 11 heteroatoms. The number of nitrogens with one attached hydrogen (secondary N) is 1. The average Bonchev–Trinajstić information content (AvgIpc) is 2.91. The maximum absolute atomic E-state index is 13.3. The van der Waals surface area contributed by atoms with E-state index in [4.69, 9.17) is 4.74 Å². The fourth-order valence-electron chi connectivity index (χ4n) is 3.64. The van der Waals surface area contributed by atoms with E-state index in [2.05, 4.69) is 31.3 Å². The summed E-state index contributed by atoms with van der Waals surface area (Å²) in [6, 6.07) is 18.3. The van der Waals surface area contributed by atoms with Gasteiger partial charge in [0.15, 0.2) is 12.4 Å². The van der Waals surface area contributed by atoms with Crippen molar-refractivity contribution in [3.63, 3.8) is 0 Å². The molecule has 0 aliphatic heterocycles. The molecule has 38 heavy (non-hydrogen) atoms. The molecule has 1 amide bonds. The van der Waals surface area contributed by atoms with Crippen molar-refractivity contribution in [2.45, 2.75) is 26.2 Å². The van der Waals surface area contributed by atoms with Crippen LogP contribution in [-0.4, -0.2) is 33.3 Å². The van der Waals surface area contributed by atoms with Gasteiger partial charge >= 0.3 is 5.69 Å². The molecule has 0 spiro atoms. The average molecular weight is 578 g/mol. The Morgan fingerprint density at radius 3 is 2.68 bits per heavy atom. The minimum atomic E-state index is -0.604. The molecule has 4 rings (SSSR count). The van der Waals surface area contributed by atoms with E-state index in [9.17, 15) is 19.7 Å². The van der Waals surface area contributed by atoms with Gasteiger partial charge in [-0.25, -0.2) is 4.98 Å². The SMILES string of the molecule is CC[C@@H](C)c1nc2ccc(Br)cc2c(=O)n1N=Cc1ccc(OCC(=O)Nc2ccccc2)c([N+](=O)[O-])c1. The summed E-state index contributed by atoms with van der Waals surface area (Å²) >= 11 is 3.38. The number of carbonyl (C=O) groups is 1. The molecule has 0 bridgehead atoms. The summed E-state index contributed by atoms with van der Waals surface area (Å²) in [6.45, 7) is 3.53. The molecule has 0 fully saturated rings. The van der Waals surface area contributed by atoms with E-state index in [0.717, 1.165) is 10.9 Å². The molecule has 1 heterocycles. The summed E-state index contributed by atoms with van der Waals surface area (Å²) in [4.78, 5) is 41.2. The van der Waals surface area contributed by atoms with Gasteiger partial charge in [0, 0.05) is 27.7 Å². The van der Waals surface area contributed by atoms with Crippen LogP contribution in [0, 0.1) is 10.1 Å². The molecule has 194 valence electrons. The number of aromatic nitrogens is 2. The van der Waals surface area contributed by atoms with Crippen LogP contribution in [0.15, 0.2) is 81.1 Å². The highest BCUT2D eigenvalue weighted by atomic mass is 79.9. The Bertz CT molecular complexity index is 1590. The Morgan fingerprint density at radius 1 is 1.21 bits per heavy atom. The van der Waals surface area contributed by atoms with E-state index in [1.165, 1.54) is 23.0 Å². The summed E-state index contributed by atoms with van der Waals surface area (Å²) in [7, 11) is 0. The van der Waals surface area contributed by atoms with Crippen molar-refractivity contribution in [1.82, 2.24) is 9.66 Å². The molecule has 10 nitrogen and oxygen atoms in total. The Hall–Kier alpha value is -4.38. The molecule has 4 aromatic rings. The van der Waals surface area contributed by atoms with Gasteiger partial charge < -0.3 is 10.1 Å². The Morgan fingerprint density at radius 2 is 1.97 bits per heavy atom. The highest BCUT2D eigenvalue weighted by Crippen LogP contribution is 2.28. The minimum Gasteiger partial charge on any atom is -0.477 e. The molecule has 0 unspecified atom stereocenters. The van der Waals surface area contributed by atoms with Crippen LogP contribution in [-0.2, 0) is 4.79 Å². The number of nitrogens with zero attached hydrogens (tertiary/aromatic N) is 4. The second kappa shape index (κ2) is 11.8. The highest BCUT2D eigenvalue weighted by molar-refractivity contribution is 9.10. The number of nitro groups is 1. The third-order valence-electron chi connectivity index (χ3n) is 5.80. The molecule has 0 aliphatic rings. The van der Waals surface area contributed by atoms with Crippen molar-refractivity contribution >= 4 is 50.3 Å². The smallest absolute Gasteiger partial charge is 0.311 e. The van der Waals surface area contributed by atoms with Crippen LogP contribution in [0.4, 0.5) is 11.4 Å². The van der Waals surface area contributed by atoms with E-state index in [0.29, 0.717) is 28.0 Å². The van der Waals surface area contributed by atoms with Crippen LogP contribution in [0.25, 0.3) is 10.9 Å². The van der Waals surface area contributed by atoms with Crippen molar-refractivity contribution in [3.8, 4) is 5.75 Å². The van der Waals surface area contributed by atoms with E-state index in [1.54, 1.807) is 42.5 Å². The lowest BCUT2D eigenvalue weighted by atomic mass is 10.1. The lowest BCUT2D eigenvalue weighted by Crippen LogP contribution is -2.23. The van der Waals surface area contributed by atoms with E-state index < -0.39 is 17.4 Å². The second-order valence-corrected chi connectivity index (χ2v) is 9.41. The molecular formula is C27H24BrN5O5. The monoisotopic (exact) mass is 577 g/mol. The molecule has 0 saturated heterocycles. The lowest BCUT2D eigenvalue weighted by Gasteiger charge is -2.14. The quantitative estimate of drug-likeness (QED) is 0.159. The van der Waals surface area contributed by atoms with Gasteiger partial charge in [0.25, 0.3) is 11.5 Å². The van der Waals surface area contributed by atoms with Crippen LogP contribution in [0.5, 0.6) is 5.75 Å². The summed E-state index contributed by atoms with van der Waals surface area (Å²) in [5.74, 6) is -0.0870. The molecule has 1 atom stereocenters. The van der Waals surface area contributed by atoms with E-state index >= 15 is 0 Å². The zero-order valence-corrected chi connectivity index (χ0v) is 22.2. The number of rotatable bonds is 9. The first kappa shape index (κ1) is 26.7. The van der Waals surface area contributed by atoms with Crippen molar-refractivity contribution in [2.75, 3.05) is 11.9 Å². The lowest BCUT2D eigenvalue weighted by molar-refractivity contribution is -0.385. The van der Waals surface area contributed by atoms with Crippen LogP contribution < -0.4 is 15.6 Å². The highest BCUT2D eigenvalue weighted by Gasteiger charge is 2.18. The van der Waals surface area contributed by atoms with Crippen molar-refractivity contribution in [2.24, 2.45) is 5.10 Å². The molecule has 3 aromatic carbocycles. The Kier molecular flexibility index (Phi) is 8.27. The fourth-order valence-corrected chi connectivity index (χ4v) is 4.01. The fraction of sp³-hybridized carbons (Fsp3) is 0.185. The van der Waals surface area contributed by atoms with Crippen LogP contribution in [0.1, 0.15) is 37.6 Å². The molecule has 0 saturated carbocycles. The number of fused-ring (bicyclic) bond motifs is 1. The van der Waals surface area contributed by atoms with Gasteiger partial charge in [0.2, 0.25) is 0 Å². The summed E-state index contributed by atoms with van der Waals surface area (Å²) < 4.78 is 7.39. The van der Waals surface area contributed by atoms with Gasteiger partial charge in [0.05, 0.1) is 22.0 Å². The summed E-state index contributed by atoms with van der Waals surface area (Å²) in [5, 5.41) is 19.1. The number of para-hydroxylation sites is 1. The van der Waals surface area contributed by atoms with Crippen molar-refractivity contribution < 1.29 is 14.5 Å². The number of halogens is 1. The first-order valence-electron chi connectivity index (χ1n) is 11.8. The van der Waals surface area contributed by atoms with Gasteiger partial charge in [-0.1, -0.05) is 48.0 Å². The normalized spacial score (nSPS) is 12.0. The Balaban J connectivity index is 1.61. The number of amides is 1. The summed E-state index contributed by atoms with van der Waals surface area (Å²) in [5.41, 5.74) is 0.838. The molecule has 0 radical (unpaired) electrons. The number of hydrogen-bond acceptors (Lipinski definition) is 7. The number of hydrogen-bond donors (Lipinski definition) is 1. The van der Waals surface area contributed by atoms with Gasteiger partial charge in [-0.2, -0.15) is 9.78 Å². The molecule has 1 N–H and O–H groups in total. The van der Waals surface area contributed by atoms with Gasteiger partial charge in [-0.15, -0.1) is 0 Å². The first-order valence-corrected chi connectivity index (χ1v) is 12.6.